The molecule has 0 aliphatic rings. The number of nitrogens with two attached hydrogens (primary N) is 2. The summed E-state index contributed by atoms with van der Waals surface area (Å²) in [6.07, 6.45) is 0. The summed E-state index contributed by atoms with van der Waals surface area (Å²) in [5.41, 5.74) is 5.15. The van der Waals surface area contributed by atoms with E-state index in [2.05, 4.69) is 5.43 Å². The zero-order chi connectivity index (χ0) is 16.4. The van der Waals surface area contributed by atoms with Gasteiger partial charge in [-0.25, -0.2) is 8.42 Å². The van der Waals surface area contributed by atoms with Crippen LogP contribution in [0.25, 0.3) is 0 Å². The van der Waals surface area contributed by atoms with Crippen LogP contribution in [0.3, 0.4) is 0 Å². The van der Waals surface area contributed by atoms with Crippen molar-refractivity contribution in [2.75, 3.05) is 5.43 Å². The van der Waals surface area contributed by atoms with E-state index in [-0.39, 0.29) is 5.69 Å². The highest BCUT2D eigenvalue weighted by Crippen LogP contribution is 2.27. The Labute approximate surface area is 120 Å². The van der Waals surface area contributed by atoms with E-state index in [9.17, 15) is 23.3 Å². The first-order chi connectivity index (χ1) is 9.51. The van der Waals surface area contributed by atoms with Gasteiger partial charge in [0.25, 0.3) is 5.69 Å². The van der Waals surface area contributed by atoms with Crippen LogP contribution in [0.4, 0.5) is 11.4 Å². The molecule has 0 unspecified atom stereocenters. The zero-order valence-corrected chi connectivity index (χ0v) is 12.1. The Morgan fingerprint density at radius 3 is 2.38 bits per heavy atom. The van der Waals surface area contributed by atoms with Crippen molar-refractivity contribution in [3.63, 3.8) is 0 Å². The lowest BCUT2D eigenvalue weighted by Gasteiger charge is -2.22. The van der Waals surface area contributed by atoms with Crippen LogP contribution in [0, 0.1) is 10.1 Å². The largest absolute Gasteiger partial charge is 0.368 e. The SMILES string of the molecule is CC(C)(NS(=O)(=O)c1cc(NN)ccc1[N+](=O)[O-])C(N)=O. The molecule has 0 radical (unpaired) electrons. The third-order valence-corrected chi connectivity index (χ3v) is 4.30. The predicted octanol–water partition coefficient (Wildman–Crippen LogP) is -0.577. The van der Waals surface area contributed by atoms with Gasteiger partial charge >= 0.3 is 0 Å². The first-order valence-electron chi connectivity index (χ1n) is 5.60. The van der Waals surface area contributed by atoms with E-state index in [4.69, 9.17) is 11.6 Å². The maximum atomic E-state index is 12.3. The number of anilines is 1. The van der Waals surface area contributed by atoms with Crippen LogP contribution in [0.1, 0.15) is 13.8 Å². The van der Waals surface area contributed by atoms with E-state index >= 15 is 0 Å². The number of sulfonamides is 1. The van der Waals surface area contributed by atoms with Gasteiger partial charge < -0.3 is 11.2 Å². The van der Waals surface area contributed by atoms with Crippen molar-refractivity contribution in [1.29, 1.82) is 0 Å². The average Bonchev–Trinajstić information content (AvgIpc) is 2.36. The molecule has 0 fully saturated rings. The Balaban J connectivity index is 3.43. The highest BCUT2D eigenvalue weighted by molar-refractivity contribution is 7.89. The number of nitro benzene ring substituents is 1. The molecule has 10 nitrogen and oxygen atoms in total. The van der Waals surface area contributed by atoms with Gasteiger partial charge in [-0.05, 0) is 26.0 Å². The topological polar surface area (TPSA) is 170 Å². The number of amides is 1. The van der Waals surface area contributed by atoms with Crippen molar-refractivity contribution >= 4 is 27.3 Å². The molecule has 0 atom stereocenters. The van der Waals surface area contributed by atoms with E-state index in [0.717, 1.165) is 12.1 Å². The van der Waals surface area contributed by atoms with Crippen molar-refractivity contribution in [3.8, 4) is 0 Å². The summed E-state index contributed by atoms with van der Waals surface area (Å²) < 4.78 is 26.5. The standard InChI is InChI=1S/C10H15N5O5S/c1-10(2,9(11)16)14-21(19,20)8-5-6(13-12)3-4-7(8)15(17)18/h3-5,13-14H,12H2,1-2H3,(H2,11,16). The summed E-state index contributed by atoms with van der Waals surface area (Å²) in [5, 5.41) is 10.9. The van der Waals surface area contributed by atoms with Crippen LogP contribution >= 0.6 is 0 Å². The Morgan fingerprint density at radius 1 is 1.38 bits per heavy atom. The Hall–Kier alpha value is -2.24. The molecule has 116 valence electrons. The van der Waals surface area contributed by atoms with Crippen molar-refractivity contribution in [3.05, 3.63) is 28.3 Å². The smallest absolute Gasteiger partial charge is 0.289 e. The van der Waals surface area contributed by atoms with Crippen LogP contribution in [0.5, 0.6) is 0 Å². The molecule has 0 aromatic heterocycles. The number of nitrogen functional groups attached to an aromatic ring is 1. The lowest BCUT2D eigenvalue weighted by molar-refractivity contribution is -0.387. The van der Waals surface area contributed by atoms with E-state index in [1.165, 1.54) is 19.9 Å². The maximum absolute atomic E-state index is 12.3. The van der Waals surface area contributed by atoms with Crippen LogP contribution < -0.4 is 21.7 Å². The van der Waals surface area contributed by atoms with Gasteiger partial charge in [-0.15, -0.1) is 0 Å². The van der Waals surface area contributed by atoms with Gasteiger partial charge in [0.15, 0.2) is 4.90 Å². The fourth-order valence-electron chi connectivity index (χ4n) is 1.41. The van der Waals surface area contributed by atoms with Crippen molar-refractivity contribution in [2.24, 2.45) is 11.6 Å². The van der Waals surface area contributed by atoms with Gasteiger partial charge in [-0.1, -0.05) is 0 Å². The van der Waals surface area contributed by atoms with Crippen molar-refractivity contribution in [1.82, 2.24) is 4.72 Å². The number of hydrogen-bond acceptors (Lipinski definition) is 7. The molecule has 0 spiro atoms. The molecule has 11 heteroatoms. The number of carbonyl (C=O) groups excluding carboxylic acids is 1. The summed E-state index contributed by atoms with van der Waals surface area (Å²) in [7, 11) is -4.36. The second-order valence-corrected chi connectivity index (χ2v) is 6.33. The fraction of sp³-hybridized carbons (Fsp3) is 0.300. The molecule has 1 rings (SSSR count). The third kappa shape index (κ3) is 3.65. The number of benzene rings is 1. The number of nitro groups is 1. The summed E-state index contributed by atoms with van der Waals surface area (Å²) in [6.45, 7) is 2.48. The number of primary amides is 1. The monoisotopic (exact) mass is 317 g/mol. The number of rotatable bonds is 6. The van der Waals surface area contributed by atoms with Crippen molar-refractivity contribution in [2.45, 2.75) is 24.3 Å². The summed E-state index contributed by atoms with van der Waals surface area (Å²) in [4.78, 5) is 20.7. The van der Waals surface area contributed by atoms with Crippen LogP contribution in [-0.4, -0.2) is 24.8 Å². The minimum absolute atomic E-state index is 0.151. The summed E-state index contributed by atoms with van der Waals surface area (Å²) in [6, 6.07) is 3.22. The second kappa shape index (κ2) is 5.63. The second-order valence-electron chi connectivity index (χ2n) is 4.68. The Bertz CT molecular complexity index is 685. The summed E-state index contributed by atoms with van der Waals surface area (Å²) >= 11 is 0. The third-order valence-electron chi connectivity index (χ3n) is 2.62. The number of hydrazine groups is 1. The van der Waals surface area contributed by atoms with Crippen LogP contribution in [-0.2, 0) is 14.8 Å². The molecule has 1 aromatic carbocycles. The zero-order valence-electron chi connectivity index (χ0n) is 11.3. The highest BCUT2D eigenvalue weighted by atomic mass is 32.2. The number of hydrogen-bond donors (Lipinski definition) is 4. The molecule has 6 N–H and O–H groups in total. The summed E-state index contributed by atoms with van der Waals surface area (Å²) in [5.74, 6) is 4.23. The molecular formula is C10H15N5O5S. The molecule has 0 aliphatic heterocycles. The van der Waals surface area contributed by atoms with Gasteiger partial charge in [0.1, 0.15) is 5.54 Å². The van der Waals surface area contributed by atoms with Crippen molar-refractivity contribution < 1.29 is 18.1 Å². The first kappa shape index (κ1) is 16.8. The maximum Gasteiger partial charge on any atom is 0.289 e. The normalized spacial score (nSPS) is 12.0. The van der Waals surface area contributed by atoms with Crippen LogP contribution in [0.2, 0.25) is 0 Å². The molecule has 1 aromatic rings. The predicted molar refractivity (Wildman–Crippen MR) is 74.5 cm³/mol. The molecule has 21 heavy (non-hydrogen) atoms. The van der Waals surface area contributed by atoms with Gasteiger partial charge in [0.05, 0.1) is 10.6 Å². The lowest BCUT2D eigenvalue weighted by Crippen LogP contribution is -2.52. The molecule has 0 heterocycles. The number of nitrogens with zero attached hydrogens (tertiary/aromatic N) is 1. The molecule has 0 aliphatic carbocycles. The molecule has 0 bridgehead atoms. The van der Waals surface area contributed by atoms with E-state index in [0.29, 0.717) is 0 Å². The highest BCUT2D eigenvalue weighted by Gasteiger charge is 2.35. The molecule has 1 amide bonds. The number of carbonyl (C=O) groups is 1. The minimum Gasteiger partial charge on any atom is -0.368 e. The Kier molecular flexibility index (Phi) is 4.51. The van der Waals surface area contributed by atoms with Gasteiger partial charge in [-0.3, -0.25) is 20.8 Å². The molecule has 0 saturated carbocycles. The molecular weight excluding hydrogens is 302 g/mol. The number of nitrogens with one attached hydrogen (secondary N) is 2. The van der Waals surface area contributed by atoms with Gasteiger partial charge in [0.2, 0.25) is 15.9 Å². The fourth-order valence-corrected chi connectivity index (χ4v) is 2.99. The Morgan fingerprint density at radius 2 is 1.95 bits per heavy atom. The van der Waals surface area contributed by atoms with E-state index < -0.39 is 37.0 Å². The minimum atomic E-state index is -4.36. The van der Waals surface area contributed by atoms with Gasteiger partial charge in [-0.2, -0.15) is 4.72 Å². The average molecular weight is 317 g/mol. The van der Waals surface area contributed by atoms with E-state index in [1.54, 1.807) is 0 Å². The quantitative estimate of drug-likeness (QED) is 0.309. The molecule has 0 saturated heterocycles. The van der Waals surface area contributed by atoms with Crippen LogP contribution in [0.15, 0.2) is 23.1 Å². The van der Waals surface area contributed by atoms with Gasteiger partial charge in [0, 0.05) is 6.07 Å². The lowest BCUT2D eigenvalue weighted by atomic mass is 10.1. The first-order valence-corrected chi connectivity index (χ1v) is 7.08. The van der Waals surface area contributed by atoms with E-state index in [1.807, 2.05) is 4.72 Å².